The number of amides is 1. The molecule has 4 heteroatoms. The molecule has 0 bridgehead atoms. The second-order valence-corrected chi connectivity index (χ2v) is 4.21. The van der Waals surface area contributed by atoms with Gasteiger partial charge in [0.15, 0.2) is 0 Å². The van der Waals surface area contributed by atoms with Gasteiger partial charge in [-0.05, 0) is 30.2 Å². The molecule has 0 aliphatic carbocycles. The molecule has 1 aromatic heterocycles. The summed E-state index contributed by atoms with van der Waals surface area (Å²) >= 11 is 0. The van der Waals surface area contributed by atoms with Crippen molar-refractivity contribution in [2.75, 3.05) is 0 Å². The van der Waals surface area contributed by atoms with Gasteiger partial charge >= 0.3 is 0 Å². The fourth-order valence-corrected chi connectivity index (χ4v) is 1.60. The normalized spacial score (nSPS) is 11.6. The Balaban J connectivity index is 1.94. The van der Waals surface area contributed by atoms with Crippen molar-refractivity contribution in [3.8, 4) is 0 Å². The second kappa shape index (κ2) is 6.99. The second-order valence-electron chi connectivity index (χ2n) is 4.21. The van der Waals surface area contributed by atoms with E-state index >= 15 is 0 Å². The maximum absolute atomic E-state index is 11.7. The molecular formula is C16H15N3O. The van der Waals surface area contributed by atoms with Crippen LogP contribution in [0.2, 0.25) is 0 Å². The van der Waals surface area contributed by atoms with Crippen molar-refractivity contribution in [1.82, 2.24) is 10.4 Å². The van der Waals surface area contributed by atoms with Crippen molar-refractivity contribution < 1.29 is 4.79 Å². The fraction of sp³-hybridized carbons (Fsp3) is 0.0625. The summed E-state index contributed by atoms with van der Waals surface area (Å²) in [6.45, 7) is 1.92. The molecule has 0 fully saturated rings. The van der Waals surface area contributed by atoms with E-state index in [0.717, 1.165) is 11.1 Å². The monoisotopic (exact) mass is 265 g/mol. The van der Waals surface area contributed by atoms with Crippen molar-refractivity contribution >= 4 is 18.2 Å². The molecule has 0 spiro atoms. The lowest BCUT2D eigenvalue weighted by Gasteiger charge is -1.98. The van der Waals surface area contributed by atoms with Gasteiger partial charge < -0.3 is 0 Å². The van der Waals surface area contributed by atoms with Gasteiger partial charge in [0.05, 0.1) is 6.21 Å². The van der Waals surface area contributed by atoms with E-state index in [2.05, 4.69) is 15.5 Å². The zero-order valence-corrected chi connectivity index (χ0v) is 11.2. The topological polar surface area (TPSA) is 54.4 Å². The SMILES string of the molecule is CC(/C=N\NC(=O)c1ccccn1)=C\c1ccccc1. The molecule has 0 saturated heterocycles. The van der Waals surface area contributed by atoms with Crippen LogP contribution in [0.4, 0.5) is 0 Å². The van der Waals surface area contributed by atoms with E-state index in [4.69, 9.17) is 0 Å². The summed E-state index contributed by atoms with van der Waals surface area (Å²) in [5, 5.41) is 3.91. The quantitative estimate of drug-likeness (QED) is 0.682. The Labute approximate surface area is 117 Å². The number of nitrogens with zero attached hydrogens (tertiary/aromatic N) is 2. The number of carbonyl (C=O) groups excluding carboxylic acids is 1. The molecule has 0 atom stereocenters. The van der Waals surface area contributed by atoms with Crippen LogP contribution < -0.4 is 5.43 Å². The Kier molecular flexibility index (Phi) is 4.78. The third kappa shape index (κ3) is 4.17. The molecule has 1 amide bonds. The smallest absolute Gasteiger partial charge is 0.266 e. The summed E-state index contributed by atoms with van der Waals surface area (Å²) in [6, 6.07) is 15.1. The highest BCUT2D eigenvalue weighted by Crippen LogP contribution is 2.04. The number of rotatable bonds is 4. The molecule has 2 rings (SSSR count). The largest absolute Gasteiger partial charge is 0.289 e. The van der Waals surface area contributed by atoms with Gasteiger partial charge in [-0.1, -0.05) is 42.5 Å². The van der Waals surface area contributed by atoms with Gasteiger partial charge in [-0.3, -0.25) is 9.78 Å². The average Bonchev–Trinajstić information content (AvgIpc) is 2.49. The van der Waals surface area contributed by atoms with E-state index in [1.807, 2.05) is 43.3 Å². The number of pyridine rings is 1. The molecule has 0 radical (unpaired) electrons. The van der Waals surface area contributed by atoms with Gasteiger partial charge in [-0.2, -0.15) is 5.10 Å². The zero-order valence-electron chi connectivity index (χ0n) is 11.2. The minimum Gasteiger partial charge on any atom is -0.266 e. The van der Waals surface area contributed by atoms with Crippen LogP contribution in [0.25, 0.3) is 6.08 Å². The van der Waals surface area contributed by atoms with Crippen molar-refractivity contribution in [3.63, 3.8) is 0 Å². The number of benzene rings is 1. The van der Waals surface area contributed by atoms with Gasteiger partial charge in [0.25, 0.3) is 5.91 Å². The number of hydrogen-bond acceptors (Lipinski definition) is 3. The average molecular weight is 265 g/mol. The first-order valence-corrected chi connectivity index (χ1v) is 6.23. The van der Waals surface area contributed by atoms with E-state index in [-0.39, 0.29) is 5.91 Å². The molecule has 2 aromatic rings. The Hall–Kier alpha value is -2.75. The molecule has 100 valence electrons. The standard InChI is InChI=1S/C16H15N3O/c1-13(11-14-7-3-2-4-8-14)12-18-19-16(20)15-9-5-6-10-17-15/h2-12H,1H3,(H,19,20)/b13-11+,18-12-. The number of carbonyl (C=O) groups is 1. The molecule has 0 unspecified atom stereocenters. The third-order valence-electron chi connectivity index (χ3n) is 2.53. The molecular weight excluding hydrogens is 250 g/mol. The summed E-state index contributed by atoms with van der Waals surface area (Å²) in [5.41, 5.74) is 4.82. The van der Waals surface area contributed by atoms with E-state index < -0.39 is 0 Å². The first kappa shape index (κ1) is 13.7. The first-order valence-electron chi connectivity index (χ1n) is 6.23. The van der Waals surface area contributed by atoms with Crippen LogP contribution in [0.15, 0.2) is 65.4 Å². The van der Waals surface area contributed by atoms with Crippen molar-refractivity contribution in [3.05, 3.63) is 71.6 Å². The molecule has 4 nitrogen and oxygen atoms in total. The third-order valence-corrected chi connectivity index (χ3v) is 2.53. The van der Waals surface area contributed by atoms with Gasteiger partial charge in [0.2, 0.25) is 0 Å². The van der Waals surface area contributed by atoms with E-state index in [0.29, 0.717) is 5.69 Å². The molecule has 0 saturated carbocycles. The Morgan fingerprint density at radius 1 is 1.15 bits per heavy atom. The summed E-state index contributed by atoms with van der Waals surface area (Å²) in [6.07, 6.45) is 5.16. The fourth-order valence-electron chi connectivity index (χ4n) is 1.60. The number of hydrazone groups is 1. The van der Waals surface area contributed by atoms with Crippen molar-refractivity contribution in [2.45, 2.75) is 6.92 Å². The highest BCUT2D eigenvalue weighted by molar-refractivity contribution is 5.93. The molecule has 1 N–H and O–H groups in total. The molecule has 1 heterocycles. The maximum Gasteiger partial charge on any atom is 0.289 e. The highest BCUT2D eigenvalue weighted by Gasteiger charge is 2.03. The lowest BCUT2D eigenvalue weighted by Crippen LogP contribution is -2.18. The number of aromatic nitrogens is 1. The first-order chi connectivity index (χ1) is 9.75. The van der Waals surface area contributed by atoms with Crippen LogP contribution in [0.5, 0.6) is 0 Å². The van der Waals surface area contributed by atoms with E-state index in [9.17, 15) is 4.79 Å². The van der Waals surface area contributed by atoms with Crippen LogP contribution >= 0.6 is 0 Å². The molecule has 20 heavy (non-hydrogen) atoms. The number of hydrogen-bond donors (Lipinski definition) is 1. The summed E-state index contributed by atoms with van der Waals surface area (Å²) < 4.78 is 0. The summed E-state index contributed by atoms with van der Waals surface area (Å²) in [5.74, 6) is -0.325. The van der Waals surface area contributed by atoms with Gasteiger partial charge in [-0.25, -0.2) is 5.43 Å². The molecule has 0 aliphatic heterocycles. The predicted octanol–water partition coefficient (Wildman–Crippen LogP) is 2.90. The minimum atomic E-state index is -0.325. The number of allylic oxidation sites excluding steroid dienone is 1. The number of nitrogens with one attached hydrogen (secondary N) is 1. The van der Waals surface area contributed by atoms with Gasteiger partial charge in [0, 0.05) is 6.20 Å². The lowest BCUT2D eigenvalue weighted by atomic mass is 10.1. The highest BCUT2D eigenvalue weighted by atomic mass is 16.2. The van der Waals surface area contributed by atoms with Crippen LogP contribution in [0, 0.1) is 0 Å². The minimum absolute atomic E-state index is 0.325. The van der Waals surface area contributed by atoms with E-state index in [1.54, 1.807) is 30.6 Å². The zero-order chi connectivity index (χ0) is 14.2. The molecule has 1 aromatic carbocycles. The summed E-state index contributed by atoms with van der Waals surface area (Å²) in [7, 11) is 0. The predicted molar refractivity (Wildman–Crippen MR) is 80.3 cm³/mol. The Bertz CT molecular complexity index is 619. The van der Waals surface area contributed by atoms with Gasteiger partial charge in [-0.15, -0.1) is 0 Å². The van der Waals surface area contributed by atoms with Crippen LogP contribution in [0.1, 0.15) is 23.0 Å². The summed E-state index contributed by atoms with van der Waals surface area (Å²) in [4.78, 5) is 15.6. The van der Waals surface area contributed by atoms with Crippen molar-refractivity contribution in [2.24, 2.45) is 5.10 Å². The Morgan fingerprint density at radius 3 is 2.60 bits per heavy atom. The van der Waals surface area contributed by atoms with E-state index in [1.165, 1.54) is 0 Å². The van der Waals surface area contributed by atoms with Crippen LogP contribution in [-0.2, 0) is 0 Å². The Morgan fingerprint density at radius 2 is 1.90 bits per heavy atom. The van der Waals surface area contributed by atoms with Crippen LogP contribution in [-0.4, -0.2) is 17.1 Å². The van der Waals surface area contributed by atoms with Crippen molar-refractivity contribution in [1.29, 1.82) is 0 Å². The van der Waals surface area contributed by atoms with Gasteiger partial charge in [0.1, 0.15) is 5.69 Å². The molecule has 0 aliphatic rings. The maximum atomic E-state index is 11.7. The van der Waals surface area contributed by atoms with Crippen LogP contribution in [0.3, 0.4) is 0 Å². The lowest BCUT2D eigenvalue weighted by molar-refractivity contribution is 0.0950.